The zero-order chi connectivity index (χ0) is 12.7. The zero-order valence-electron chi connectivity index (χ0n) is 10.1. The molecule has 0 atom stereocenters. The van der Waals surface area contributed by atoms with Crippen molar-refractivity contribution in [2.75, 3.05) is 32.6 Å². The monoisotopic (exact) mass is 238 g/mol. The van der Waals surface area contributed by atoms with Crippen LogP contribution in [0.5, 0.6) is 11.5 Å². The molecule has 17 heavy (non-hydrogen) atoms. The second-order valence-electron chi connectivity index (χ2n) is 3.95. The van der Waals surface area contributed by atoms with Crippen molar-refractivity contribution in [2.24, 2.45) is 0 Å². The number of hydrogen-bond donors (Lipinski definition) is 2. The van der Waals surface area contributed by atoms with Crippen molar-refractivity contribution in [1.29, 1.82) is 0 Å². The second-order valence-corrected chi connectivity index (χ2v) is 3.95. The van der Waals surface area contributed by atoms with E-state index in [1.54, 1.807) is 6.07 Å². The standard InChI is InChI=1S/C12H18N2O3/c1-14(2)6-3-7-17-12-5-4-10(16)8-11(12)13-9-15/h4-5,8-9,16H,3,6-7H2,1-2H3,(H,13,15). The Morgan fingerprint density at radius 1 is 1.47 bits per heavy atom. The van der Waals surface area contributed by atoms with Crippen molar-refractivity contribution in [3.63, 3.8) is 0 Å². The molecular formula is C12H18N2O3. The molecule has 1 aromatic rings. The fourth-order valence-corrected chi connectivity index (χ4v) is 1.38. The molecule has 0 aliphatic rings. The highest BCUT2D eigenvalue weighted by Gasteiger charge is 2.04. The number of phenols is 1. The van der Waals surface area contributed by atoms with Crippen LogP contribution in [0.1, 0.15) is 6.42 Å². The molecule has 0 heterocycles. The van der Waals surface area contributed by atoms with E-state index in [-0.39, 0.29) is 5.75 Å². The van der Waals surface area contributed by atoms with Crippen molar-refractivity contribution >= 4 is 12.1 Å². The van der Waals surface area contributed by atoms with Crippen LogP contribution in [0.2, 0.25) is 0 Å². The number of carbonyl (C=O) groups is 1. The fourth-order valence-electron chi connectivity index (χ4n) is 1.38. The minimum atomic E-state index is 0.0926. The Morgan fingerprint density at radius 3 is 2.88 bits per heavy atom. The third-order valence-electron chi connectivity index (χ3n) is 2.18. The van der Waals surface area contributed by atoms with E-state index in [0.717, 1.165) is 13.0 Å². The summed E-state index contributed by atoms with van der Waals surface area (Å²) < 4.78 is 5.54. The summed E-state index contributed by atoms with van der Waals surface area (Å²) in [5, 5.41) is 11.8. The summed E-state index contributed by atoms with van der Waals surface area (Å²) in [6, 6.07) is 4.61. The normalized spacial score (nSPS) is 10.3. The second kappa shape index (κ2) is 6.75. The van der Waals surface area contributed by atoms with Crippen LogP contribution in [0.4, 0.5) is 5.69 Å². The van der Waals surface area contributed by atoms with Gasteiger partial charge in [-0.1, -0.05) is 0 Å². The number of hydrogen-bond acceptors (Lipinski definition) is 4. The molecular weight excluding hydrogens is 220 g/mol. The summed E-state index contributed by atoms with van der Waals surface area (Å²) in [6.07, 6.45) is 1.45. The molecule has 1 aromatic carbocycles. The van der Waals surface area contributed by atoms with E-state index in [1.807, 2.05) is 14.1 Å². The maximum Gasteiger partial charge on any atom is 0.211 e. The molecule has 1 amide bonds. The van der Waals surface area contributed by atoms with Crippen molar-refractivity contribution < 1.29 is 14.6 Å². The van der Waals surface area contributed by atoms with Gasteiger partial charge in [-0.15, -0.1) is 0 Å². The smallest absolute Gasteiger partial charge is 0.211 e. The molecule has 0 aliphatic carbocycles. The Kier molecular flexibility index (Phi) is 5.29. The number of aromatic hydroxyl groups is 1. The molecule has 94 valence electrons. The molecule has 0 bridgehead atoms. The van der Waals surface area contributed by atoms with Crippen LogP contribution in [0.3, 0.4) is 0 Å². The number of benzene rings is 1. The number of rotatable bonds is 7. The van der Waals surface area contributed by atoms with Crippen LogP contribution >= 0.6 is 0 Å². The van der Waals surface area contributed by atoms with Gasteiger partial charge in [0.2, 0.25) is 6.41 Å². The van der Waals surface area contributed by atoms with E-state index >= 15 is 0 Å². The van der Waals surface area contributed by atoms with E-state index in [2.05, 4.69) is 10.2 Å². The number of nitrogens with one attached hydrogen (secondary N) is 1. The van der Waals surface area contributed by atoms with Gasteiger partial charge >= 0.3 is 0 Å². The Bertz CT molecular complexity index is 367. The highest BCUT2D eigenvalue weighted by molar-refractivity contribution is 5.76. The Labute approximate surface area is 101 Å². The van der Waals surface area contributed by atoms with Crippen molar-refractivity contribution in [2.45, 2.75) is 6.42 Å². The lowest BCUT2D eigenvalue weighted by molar-refractivity contribution is -0.105. The van der Waals surface area contributed by atoms with Crippen molar-refractivity contribution in [1.82, 2.24) is 4.90 Å². The van der Waals surface area contributed by atoms with Gasteiger partial charge in [0.15, 0.2) is 0 Å². The first-order valence-electron chi connectivity index (χ1n) is 5.44. The first-order chi connectivity index (χ1) is 8.13. The van der Waals surface area contributed by atoms with Crippen LogP contribution < -0.4 is 10.1 Å². The molecule has 5 nitrogen and oxygen atoms in total. The minimum Gasteiger partial charge on any atom is -0.508 e. The third-order valence-corrected chi connectivity index (χ3v) is 2.18. The number of carbonyl (C=O) groups excluding carboxylic acids is 1. The maximum absolute atomic E-state index is 10.4. The molecule has 0 fully saturated rings. The van der Waals surface area contributed by atoms with Crippen molar-refractivity contribution in [3.8, 4) is 11.5 Å². The number of amides is 1. The molecule has 0 aromatic heterocycles. The largest absolute Gasteiger partial charge is 0.508 e. The number of anilines is 1. The summed E-state index contributed by atoms with van der Waals surface area (Å²) in [5.74, 6) is 0.656. The molecule has 1 rings (SSSR count). The highest BCUT2D eigenvalue weighted by Crippen LogP contribution is 2.28. The lowest BCUT2D eigenvalue weighted by Crippen LogP contribution is -2.15. The fraction of sp³-hybridized carbons (Fsp3) is 0.417. The van der Waals surface area contributed by atoms with Gasteiger partial charge in [-0.3, -0.25) is 4.79 Å². The third kappa shape index (κ3) is 4.74. The average molecular weight is 238 g/mol. The summed E-state index contributed by atoms with van der Waals surface area (Å²) in [6.45, 7) is 1.50. The van der Waals surface area contributed by atoms with Crippen LogP contribution in [-0.4, -0.2) is 43.7 Å². The first kappa shape index (κ1) is 13.3. The van der Waals surface area contributed by atoms with Crippen LogP contribution in [0.15, 0.2) is 18.2 Å². The van der Waals surface area contributed by atoms with Crippen LogP contribution in [0.25, 0.3) is 0 Å². The quantitative estimate of drug-likeness (QED) is 0.555. The summed E-state index contributed by atoms with van der Waals surface area (Å²) in [7, 11) is 4.00. The molecule has 0 spiro atoms. The lowest BCUT2D eigenvalue weighted by atomic mass is 10.2. The predicted molar refractivity (Wildman–Crippen MR) is 66.5 cm³/mol. The predicted octanol–water partition coefficient (Wildman–Crippen LogP) is 1.29. The molecule has 0 saturated carbocycles. The summed E-state index contributed by atoms with van der Waals surface area (Å²) >= 11 is 0. The van der Waals surface area contributed by atoms with Gasteiger partial charge in [-0.2, -0.15) is 0 Å². The molecule has 0 aliphatic heterocycles. The van der Waals surface area contributed by atoms with E-state index in [0.29, 0.717) is 24.5 Å². The average Bonchev–Trinajstić information content (AvgIpc) is 2.27. The first-order valence-corrected chi connectivity index (χ1v) is 5.44. The molecule has 0 saturated heterocycles. The molecule has 5 heteroatoms. The number of ether oxygens (including phenoxy) is 1. The number of phenolic OH excluding ortho intramolecular Hbond substituents is 1. The Morgan fingerprint density at radius 2 is 2.24 bits per heavy atom. The Balaban J connectivity index is 2.54. The summed E-state index contributed by atoms with van der Waals surface area (Å²) in [5.41, 5.74) is 0.477. The van der Waals surface area contributed by atoms with Gasteiger partial charge in [0.05, 0.1) is 12.3 Å². The van der Waals surface area contributed by atoms with Gasteiger partial charge in [0.1, 0.15) is 11.5 Å². The Hall–Kier alpha value is -1.75. The van der Waals surface area contributed by atoms with Crippen LogP contribution in [0, 0.1) is 0 Å². The molecule has 2 N–H and O–H groups in total. The maximum atomic E-state index is 10.4. The number of nitrogens with zero attached hydrogens (tertiary/aromatic N) is 1. The van der Waals surface area contributed by atoms with Gasteiger partial charge in [-0.05, 0) is 32.6 Å². The van der Waals surface area contributed by atoms with Gasteiger partial charge in [0.25, 0.3) is 0 Å². The summed E-state index contributed by atoms with van der Waals surface area (Å²) in [4.78, 5) is 12.5. The minimum absolute atomic E-state index is 0.0926. The van der Waals surface area contributed by atoms with E-state index in [1.165, 1.54) is 12.1 Å². The zero-order valence-corrected chi connectivity index (χ0v) is 10.1. The van der Waals surface area contributed by atoms with E-state index in [9.17, 15) is 9.90 Å². The SMILES string of the molecule is CN(C)CCCOc1ccc(O)cc1NC=O. The lowest BCUT2D eigenvalue weighted by Gasteiger charge is -2.12. The van der Waals surface area contributed by atoms with Gasteiger partial charge in [0, 0.05) is 12.6 Å². The molecule has 0 radical (unpaired) electrons. The van der Waals surface area contributed by atoms with Gasteiger partial charge in [-0.25, -0.2) is 0 Å². The van der Waals surface area contributed by atoms with E-state index < -0.39 is 0 Å². The topological polar surface area (TPSA) is 61.8 Å². The highest BCUT2D eigenvalue weighted by atomic mass is 16.5. The molecule has 0 unspecified atom stereocenters. The van der Waals surface area contributed by atoms with Gasteiger partial charge < -0.3 is 20.1 Å². The van der Waals surface area contributed by atoms with E-state index in [4.69, 9.17) is 4.74 Å². The van der Waals surface area contributed by atoms with Crippen molar-refractivity contribution in [3.05, 3.63) is 18.2 Å². The van der Waals surface area contributed by atoms with Crippen LogP contribution in [-0.2, 0) is 4.79 Å².